The average molecular weight is 271 g/mol. The molecule has 0 aliphatic carbocycles. The van der Waals surface area contributed by atoms with E-state index in [1.54, 1.807) is 13.0 Å². The first-order valence-electron chi connectivity index (χ1n) is 5.86. The van der Waals surface area contributed by atoms with Crippen molar-refractivity contribution in [1.82, 2.24) is 0 Å². The highest BCUT2D eigenvalue weighted by Gasteiger charge is 2.29. The van der Waals surface area contributed by atoms with Gasteiger partial charge in [-0.25, -0.2) is 0 Å². The van der Waals surface area contributed by atoms with E-state index in [0.717, 1.165) is 6.42 Å². The number of benzene rings is 1. The number of hydrogen-bond acceptors (Lipinski definition) is 4. The summed E-state index contributed by atoms with van der Waals surface area (Å²) in [6, 6.07) is 4.56. The summed E-state index contributed by atoms with van der Waals surface area (Å²) in [5, 5.41) is 21.0. The molecule has 1 aliphatic rings. The second-order valence-electron chi connectivity index (χ2n) is 4.63. The van der Waals surface area contributed by atoms with Gasteiger partial charge in [0.25, 0.3) is 5.69 Å². The van der Waals surface area contributed by atoms with Crippen LogP contribution in [-0.2, 0) is 0 Å². The third kappa shape index (κ3) is 2.57. The van der Waals surface area contributed by atoms with Crippen LogP contribution >= 0.6 is 11.6 Å². The number of anilines is 1. The Kier molecular flexibility index (Phi) is 3.73. The van der Waals surface area contributed by atoms with Crippen LogP contribution in [0, 0.1) is 16.0 Å². The smallest absolute Gasteiger partial charge is 0.292 e. The van der Waals surface area contributed by atoms with Crippen molar-refractivity contribution in [3.05, 3.63) is 33.3 Å². The van der Waals surface area contributed by atoms with Crippen LogP contribution in [0.2, 0.25) is 5.02 Å². The van der Waals surface area contributed by atoms with Gasteiger partial charge in [-0.3, -0.25) is 10.1 Å². The molecule has 2 rings (SSSR count). The number of nitro groups is 1. The zero-order chi connectivity index (χ0) is 13.3. The molecule has 5 nitrogen and oxygen atoms in total. The molecule has 18 heavy (non-hydrogen) atoms. The van der Waals surface area contributed by atoms with Crippen molar-refractivity contribution in [1.29, 1.82) is 0 Å². The molecule has 6 heteroatoms. The lowest BCUT2D eigenvalue weighted by molar-refractivity contribution is -0.384. The maximum absolute atomic E-state index is 11.0. The monoisotopic (exact) mass is 270 g/mol. The fourth-order valence-electron chi connectivity index (χ4n) is 2.30. The van der Waals surface area contributed by atoms with Crippen LogP contribution in [0.4, 0.5) is 11.4 Å². The summed E-state index contributed by atoms with van der Waals surface area (Å²) in [4.78, 5) is 12.5. The van der Waals surface area contributed by atoms with E-state index in [-0.39, 0.29) is 11.6 Å². The van der Waals surface area contributed by atoms with Gasteiger partial charge in [0.15, 0.2) is 0 Å². The Bertz CT molecular complexity index is 465. The van der Waals surface area contributed by atoms with Gasteiger partial charge in [-0.05, 0) is 25.5 Å². The normalized spacial score (nSPS) is 21.1. The molecule has 1 aromatic carbocycles. The van der Waals surface area contributed by atoms with Crippen LogP contribution in [0.3, 0.4) is 0 Å². The molecule has 1 heterocycles. The van der Waals surface area contributed by atoms with E-state index in [1.807, 2.05) is 4.90 Å². The van der Waals surface area contributed by atoms with Gasteiger partial charge in [-0.1, -0.05) is 11.6 Å². The molecule has 2 unspecified atom stereocenters. The zero-order valence-electron chi connectivity index (χ0n) is 10.0. The Morgan fingerprint density at radius 3 is 2.89 bits per heavy atom. The molecule has 1 N–H and O–H groups in total. The molecule has 0 amide bonds. The van der Waals surface area contributed by atoms with Crippen LogP contribution in [-0.4, -0.2) is 29.2 Å². The second-order valence-corrected chi connectivity index (χ2v) is 5.06. The van der Waals surface area contributed by atoms with E-state index in [9.17, 15) is 15.2 Å². The molecule has 0 bridgehead atoms. The molecule has 98 valence electrons. The van der Waals surface area contributed by atoms with Crippen molar-refractivity contribution < 1.29 is 10.0 Å². The number of hydrogen-bond donors (Lipinski definition) is 1. The highest BCUT2D eigenvalue weighted by molar-refractivity contribution is 6.31. The summed E-state index contributed by atoms with van der Waals surface area (Å²) in [7, 11) is 0. The van der Waals surface area contributed by atoms with Crippen LogP contribution in [0.15, 0.2) is 18.2 Å². The SMILES string of the molecule is CC(O)C1CCN(c2cc(Cl)ccc2[N+](=O)[O-])C1. The standard InChI is InChI=1S/C12H15ClN2O3/c1-8(16)9-4-5-14(7-9)12-6-10(13)2-3-11(12)15(17)18/h2-3,6,8-9,16H,4-5,7H2,1H3. The lowest BCUT2D eigenvalue weighted by atomic mass is 10.0. The Morgan fingerprint density at radius 1 is 1.61 bits per heavy atom. The van der Waals surface area contributed by atoms with Gasteiger partial charge < -0.3 is 10.0 Å². The van der Waals surface area contributed by atoms with E-state index < -0.39 is 11.0 Å². The predicted molar refractivity (Wildman–Crippen MR) is 70.1 cm³/mol. The molecule has 1 aliphatic heterocycles. The molecule has 1 saturated heterocycles. The van der Waals surface area contributed by atoms with E-state index in [2.05, 4.69) is 0 Å². The Balaban J connectivity index is 2.28. The highest BCUT2D eigenvalue weighted by atomic mass is 35.5. The van der Waals surface area contributed by atoms with Gasteiger partial charge in [0.05, 0.1) is 11.0 Å². The lowest BCUT2D eigenvalue weighted by Gasteiger charge is -2.19. The first-order valence-corrected chi connectivity index (χ1v) is 6.24. The summed E-state index contributed by atoms with van der Waals surface area (Å²) in [6.45, 7) is 3.08. The Hall–Kier alpha value is -1.33. The minimum Gasteiger partial charge on any atom is -0.393 e. The van der Waals surface area contributed by atoms with E-state index in [0.29, 0.717) is 23.8 Å². The van der Waals surface area contributed by atoms with E-state index in [1.165, 1.54) is 12.1 Å². The third-order valence-electron chi connectivity index (χ3n) is 3.38. The fourth-order valence-corrected chi connectivity index (χ4v) is 2.47. The first kappa shape index (κ1) is 13.1. The Labute approximate surface area is 110 Å². The zero-order valence-corrected chi connectivity index (χ0v) is 10.8. The van der Waals surface area contributed by atoms with Crippen molar-refractivity contribution in [2.45, 2.75) is 19.4 Å². The summed E-state index contributed by atoms with van der Waals surface area (Å²) in [5.41, 5.74) is 0.598. The van der Waals surface area contributed by atoms with E-state index >= 15 is 0 Å². The van der Waals surface area contributed by atoms with Crippen molar-refractivity contribution >= 4 is 23.0 Å². The number of nitro benzene ring substituents is 1. The fraction of sp³-hybridized carbons (Fsp3) is 0.500. The topological polar surface area (TPSA) is 66.6 Å². The van der Waals surface area contributed by atoms with Crippen LogP contribution in [0.25, 0.3) is 0 Å². The Morgan fingerprint density at radius 2 is 2.33 bits per heavy atom. The molecule has 0 spiro atoms. The molecule has 0 saturated carbocycles. The van der Waals surface area contributed by atoms with Gasteiger partial charge in [-0.2, -0.15) is 0 Å². The molecular weight excluding hydrogens is 256 g/mol. The number of nitrogens with zero attached hydrogens (tertiary/aromatic N) is 2. The summed E-state index contributed by atoms with van der Waals surface area (Å²) in [5.74, 6) is 0.156. The second kappa shape index (κ2) is 5.12. The number of rotatable bonds is 3. The number of aliphatic hydroxyl groups excluding tert-OH is 1. The molecule has 1 aromatic rings. The quantitative estimate of drug-likeness (QED) is 0.677. The number of halogens is 1. The summed E-state index contributed by atoms with van der Waals surface area (Å²) >= 11 is 5.90. The minimum atomic E-state index is -0.401. The predicted octanol–water partition coefficient (Wildman–Crippen LogP) is 2.46. The van der Waals surface area contributed by atoms with E-state index in [4.69, 9.17) is 11.6 Å². The van der Waals surface area contributed by atoms with Gasteiger partial charge in [0, 0.05) is 30.1 Å². The van der Waals surface area contributed by atoms with Gasteiger partial charge in [0.2, 0.25) is 0 Å². The lowest BCUT2D eigenvalue weighted by Crippen LogP contribution is -2.24. The van der Waals surface area contributed by atoms with Crippen molar-refractivity contribution in [2.75, 3.05) is 18.0 Å². The highest BCUT2D eigenvalue weighted by Crippen LogP contribution is 2.34. The maximum Gasteiger partial charge on any atom is 0.292 e. The molecular formula is C12H15ClN2O3. The van der Waals surface area contributed by atoms with Gasteiger partial charge in [0.1, 0.15) is 5.69 Å². The molecule has 1 fully saturated rings. The maximum atomic E-state index is 11.0. The summed E-state index contributed by atoms with van der Waals surface area (Å²) in [6.07, 6.45) is 0.440. The van der Waals surface area contributed by atoms with Gasteiger partial charge in [-0.15, -0.1) is 0 Å². The van der Waals surface area contributed by atoms with Crippen molar-refractivity contribution in [3.63, 3.8) is 0 Å². The van der Waals surface area contributed by atoms with Gasteiger partial charge >= 0.3 is 0 Å². The first-order chi connectivity index (χ1) is 8.49. The molecule has 0 aromatic heterocycles. The summed E-state index contributed by atoms with van der Waals surface area (Å²) < 4.78 is 0. The number of aliphatic hydroxyl groups is 1. The minimum absolute atomic E-state index is 0.0608. The van der Waals surface area contributed by atoms with Crippen molar-refractivity contribution in [2.24, 2.45) is 5.92 Å². The van der Waals surface area contributed by atoms with Crippen LogP contribution in [0.5, 0.6) is 0 Å². The molecule has 0 radical (unpaired) electrons. The van der Waals surface area contributed by atoms with Crippen LogP contribution < -0.4 is 4.90 Å². The van der Waals surface area contributed by atoms with Crippen molar-refractivity contribution in [3.8, 4) is 0 Å². The largest absolute Gasteiger partial charge is 0.393 e. The molecule has 2 atom stereocenters. The third-order valence-corrected chi connectivity index (χ3v) is 3.62. The average Bonchev–Trinajstić information content (AvgIpc) is 2.77. The van der Waals surface area contributed by atoms with Crippen LogP contribution in [0.1, 0.15) is 13.3 Å².